The van der Waals surface area contributed by atoms with Gasteiger partial charge in [0.05, 0.1) is 13.2 Å². The van der Waals surface area contributed by atoms with E-state index in [-0.39, 0.29) is 29.9 Å². The Morgan fingerprint density at radius 1 is 1.18 bits per heavy atom. The van der Waals surface area contributed by atoms with Crippen molar-refractivity contribution in [1.82, 2.24) is 20.9 Å². The fourth-order valence-corrected chi connectivity index (χ4v) is 3.05. The first-order chi connectivity index (χ1) is 13.2. The molecule has 1 amide bonds. The van der Waals surface area contributed by atoms with Crippen LogP contribution < -0.4 is 16.0 Å². The number of benzene rings is 1. The van der Waals surface area contributed by atoms with Crippen LogP contribution in [0.2, 0.25) is 0 Å². The number of morpholine rings is 1. The molecular formula is C20H34IN5O2. The molecule has 0 aliphatic carbocycles. The highest BCUT2D eigenvalue weighted by molar-refractivity contribution is 14.0. The molecule has 1 aliphatic heterocycles. The number of aliphatic imine (C=N–C) groups is 1. The van der Waals surface area contributed by atoms with Crippen molar-refractivity contribution in [3.05, 3.63) is 35.4 Å². The molecule has 1 heterocycles. The van der Waals surface area contributed by atoms with Gasteiger partial charge < -0.3 is 20.7 Å². The molecule has 8 heteroatoms. The van der Waals surface area contributed by atoms with Gasteiger partial charge >= 0.3 is 0 Å². The summed E-state index contributed by atoms with van der Waals surface area (Å²) in [5, 5.41) is 9.35. The second-order valence-corrected chi connectivity index (χ2v) is 6.62. The second-order valence-electron chi connectivity index (χ2n) is 6.62. The third kappa shape index (κ3) is 9.20. The lowest BCUT2D eigenvalue weighted by atomic mass is 10.1. The van der Waals surface area contributed by atoms with Crippen LogP contribution in [0.1, 0.15) is 28.8 Å². The average Bonchev–Trinajstić information content (AvgIpc) is 2.72. The van der Waals surface area contributed by atoms with Crippen LogP contribution in [0.3, 0.4) is 0 Å². The van der Waals surface area contributed by atoms with Crippen LogP contribution in [0.4, 0.5) is 0 Å². The van der Waals surface area contributed by atoms with E-state index in [1.54, 1.807) is 14.1 Å². The summed E-state index contributed by atoms with van der Waals surface area (Å²) in [5.74, 6) is 0.767. The molecule has 0 atom stereocenters. The maximum absolute atomic E-state index is 11.7. The minimum Gasteiger partial charge on any atom is -0.379 e. The fraction of sp³-hybridized carbons (Fsp3) is 0.600. The van der Waals surface area contributed by atoms with Crippen molar-refractivity contribution in [2.75, 3.05) is 60.0 Å². The minimum absolute atomic E-state index is 0. The number of unbranched alkanes of at least 4 members (excludes halogenated alkanes) is 1. The van der Waals surface area contributed by atoms with Gasteiger partial charge in [-0.1, -0.05) is 12.1 Å². The van der Waals surface area contributed by atoms with E-state index in [0.717, 1.165) is 70.3 Å². The van der Waals surface area contributed by atoms with E-state index in [1.165, 1.54) is 6.42 Å². The molecule has 1 aromatic rings. The fourth-order valence-electron chi connectivity index (χ4n) is 3.05. The summed E-state index contributed by atoms with van der Waals surface area (Å²) >= 11 is 0. The largest absolute Gasteiger partial charge is 0.379 e. The van der Waals surface area contributed by atoms with Gasteiger partial charge in [0.25, 0.3) is 5.91 Å². The first-order valence-corrected chi connectivity index (χ1v) is 9.78. The molecular weight excluding hydrogens is 469 g/mol. The molecule has 2 rings (SSSR count). The van der Waals surface area contributed by atoms with Gasteiger partial charge in [0.15, 0.2) is 5.96 Å². The third-order valence-corrected chi connectivity index (χ3v) is 4.64. The highest BCUT2D eigenvalue weighted by Crippen LogP contribution is 2.05. The minimum atomic E-state index is -0.0561. The van der Waals surface area contributed by atoms with E-state index < -0.39 is 0 Å². The van der Waals surface area contributed by atoms with E-state index >= 15 is 0 Å². The molecule has 0 saturated carbocycles. The normalized spacial score (nSPS) is 14.9. The Morgan fingerprint density at radius 3 is 2.64 bits per heavy atom. The van der Waals surface area contributed by atoms with Crippen LogP contribution in [0.15, 0.2) is 29.3 Å². The van der Waals surface area contributed by atoms with E-state index in [1.807, 2.05) is 24.3 Å². The molecule has 1 fully saturated rings. The molecule has 0 unspecified atom stereocenters. The van der Waals surface area contributed by atoms with Crippen LogP contribution in [-0.4, -0.2) is 76.8 Å². The van der Waals surface area contributed by atoms with Crippen molar-refractivity contribution in [2.24, 2.45) is 4.99 Å². The van der Waals surface area contributed by atoms with Gasteiger partial charge in [0.1, 0.15) is 0 Å². The maximum Gasteiger partial charge on any atom is 0.251 e. The molecule has 158 valence electrons. The number of nitrogens with one attached hydrogen (secondary N) is 3. The predicted octanol–water partition coefficient (Wildman–Crippen LogP) is 1.48. The van der Waals surface area contributed by atoms with Gasteiger partial charge in [-0.05, 0) is 43.5 Å². The van der Waals surface area contributed by atoms with Crippen LogP contribution in [-0.2, 0) is 11.2 Å². The van der Waals surface area contributed by atoms with E-state index in [4.69, 9.17) is 4.74 Å². The number of ether oxygens (including phenoxy) is 1. The van der Waals surface area contributed by atoms with E-state index in [9.17, 15) is 4.79 Å². The van der Waals surface area contributed by atoms with Gasteiger partial charge in [-0.3, -0.25) is 14.7 Å². The van der Waals surface area contributed by atoms with Crippen molar-refractivity contribution in [1.29, 1.82) is 0 Å². The van der Waals surface area contributed by atoms with Crippen LogP contribution in [0, 0.1) is 0 Å². The maximum atomic E-state index is 11.7. The molecule has 1 saturated heterocycles. The lowest BCUT2D eigenvalue weighted by Gasteiger charge is -2.26. The average molecular weight is 503 g/mol. The van der Waals surface area contributed by atoms with Gasteiger partial charge in [0.2, 0.25) is 0 Å². The number of carbonyl (C=O) groups excluding carboxylic acids is 1. The Bertz CT molecular complexity index is 606. The van der Waals surface area contributed by atoms with Crippen LogP contribution in [0.25, 0.3) is 0 Å². The number of carbonyl (C=O) groups is 1. The number of nitrogens with zero attached hydrogens (tertiary/aromatic N) is 2. The predicted molar refractivity (Wildman–Crippen MR) is 125 cm³/mol. The molecule has 3 N–H and O–H groups in total. The van der Waals surface area contributed by atoms with E-state index in [2.05, 4.69) is 25.8 Å². The number of rotatable bonds is 9. The summed E-state index contributed by atoms with van der Waals surface area (Å²) in [7, 11) is 3.43. The summed E-state index contributed by atoms with van der Waals surface area (Å²) in [5.41, 5.74) is 1.82. The summed E-state index contributed by atoms with van der Waals surface area (Å²) in [4.78, 5) is 18.4. The van der Waals surface area contributed by atoms with Crippen LogP contribution in [0.5, 0.6) is 0 Å². The van der Waals surface area contributed by atoms with Crippen molar-refractivity contribution >= 4 is 35.8 Å². The molecule has 0 radical (unpaired) electrons. The Morgan fingerprint density at radius 2 is 1.93 bits per heavy atom. The Hall–Kier alpha value is -1.39. The lowest BCUT2D eigenvalue weighted by Crippen LogP contribution is -2.39. The van der Waals surface area contributed by atoms with E-state index in [0.29, 0.717) is 5.56 Å². The summed E-state index contributed by atoms with van der Waals surface area (Å²) < 4.78 is 5.37. The monoisotopic (exact) mass is 503 g/mol. The van der Waals surface area contributed by atoms with Crippen molar-refractivity contribution in [2.45, 2.75) is 19.3 Å². The van der Waals surface area contributed by atoms with Crippen LogP contribution >= 0.6 is 24.0 Å². The Kier molecular flexibility index (Phi) is 12.8. The van der Waals surface area contributed by atoms with Crippen molar-refractivity contribution < 1.29 is 9.53 Å². The van der Waals surface area contributed by atoms with Gasteiger partial charge in [-0.25, -0.2) is 0 Å². The standard InChI is InChI=1S/C20H33N5O2.HI/c1-21-19(26)18-7-5-6-17(16-18)8-10-24-20(22-2)23-9-3-4-11-25-12-14-27-15-13-25;/h5-7,16H,3-4,8-15H2,1-2H3,(H,21,26)(H2,22,23,24);1H. The molecule has 1 aromatic carbocycles. The molecule has 0 spiro atoms. The topological polar surface area (TPSA) is 78.0 Å². The zero-order chi connectivity index (χ0) is 19.3. The number of hydrogen-bond acceptors (Lipinski definition) is 4. The Balaban J connectivity index is 0.00000392. The summed E-state index contributed by atoms with van der Waals surface area (Å²) in [6.45, 7) is 6.65. The number of hydrogen-bond donors (Lipinski definition) is 3. The molecule has 0 bridgehead atoms. The summed E-state index contributed by atoms with van der Waals surface area (Å²) in [6.07, 6.45) is 3.13. The first kappa shape index (κ1) is 24.6. The molecule has 1 aliphatic rings. The van der Waals surface area contributed by atoms with Gasteiger partial charge in [0, 0.05) is 45.8 Å². The number of halogens is 1. The molecule has 7 nitrogen and oxygen atoms in total. The molecule has 0 aromatic heterocycles. The number of amides is 1. The lowest BCUT2D eigenvalue weighted by molar-refractivity contribution is 0.0372. The highest BCUT2D eigenvalue weighted by atomic mass is 127. The van der Waals surface area contributed by atoms with Gasteiger partial charge in [-0.15, -0.1) is 24.0 Å². The smallest absolute Gasteiger partial charge is 0.251 e. The SMILES string of the molecule is CN=C(NCCCCN1CCOCC1)NCCc1cccc(C(=O)NC)c1.I. The second kappa shape index (κ2) is 14.6. The highest BCUT2D eigenvalue weighted by Gasteiger charge is 2.09. The Labute approximate surface area is 185 Å². The van der Waals surface area contributed by atoms with Crippen molar-refractivity contribution in [3.63, 3.8) is 0 Å². The van der Waals surface area contributed by atoms with Gasteiger partial charge in [-0.2, -0.15) is 0 Å². The number of guanidine groups is 1. The quantitative estimate of drug-likeness (QED) is 0.206. The molecule has 28 heavy (non-hydrogen) atoms. The third-order valence-electron chi connectivity index (χ3n) is 4.64. The van der Waals surface area contributed by atoms with Crippen molar-refractivity contribution in [3.8, 4) is 0 Å². The first-order valence-electron chi connectivity index (χ1n) is 9.78. The zero-order valence-electron chi connectivity index (χ0n) is 17.0. The summed E-state index contributed by atoms with van der Waals surface area (Å²) in [6, 6.07) is 7.72. The zero-order valence-corrected chi connectivity index (χ0v) is 19.3.